The molecule has 1 amide bonds. The largest absolute Gasteiger partial charge is 0.442 e. The van der Waals surface area contributed by atoms with E-state index in [1.54, 1.807) is 10.9 Å². The summed E-state index contributed by atoms with van der Waals surface area (Å²) < 4.78 is 6.67. The third-order valence-electron chi connectivity index (χ3n) is 2.75. The Bertz CT molecular complexity index is 403. The number of carbonyl (C=O) groups is 1. The fourth-order valence-corrected chi connectivity index (χ4v) is 1.64. The zero-order chi connectivity index (χ0) is 12.4. The predicted molar refractivity (Wildman–Crippen MR) is 60.1 cm³/mol. The number of aromatic nitrogens is 3. The van der Waals surface area contributed by atoms with Crippen LogP contribution in [0.5, 0.6) is 0 Å². The van der Waals surface area contributed by atoms with E-state index in [1.807, 2.05) is 13.8 Å². The number of amides is 1. The molecule has 0 spiro atoms. The lowest BCUT2D eigenvalue weighted by Crippen LogP contribution is -2.21. The van der Waals surface area contributed by atoms with Crippen LogP contribution in [0.4, 0.5) is 4.79 Å². The maximum Gasteiger partial charge on any atom is 0.407 e. The number of rotatable bonds is 4. The van der Waals surface area contributed by atoms with E-state index in [-0.39, 0.29) is 18.2 Å². The molecule has 1 saturated heterocycles. The molecule has 7 nitrogen and oxygen atoms in total. The predicted octanol–water partition coefficient (Wildman–Crippen LogP) is 0.0423. The van der Waals surface area contributed by atoms with E-state index >= 15 is 0 Å². The summed E-state index contributed by atoms with van der Waals surface area (Å²) in [7, 11) is 0. The number of nitrogens with two attached hydrogens (primary N) is 1. The molecule has 0 saturated carbocycles. The number of carbonyl (C=O) groups excluding carboxylic acids is 1. The van der Waals surface area contributed by atoms with E-state index in [0.29, 0.717) is 19.0 Å². The van der Waals surface area contributed by atoms with Gasteiger partial charge in [0.05, 0.1) is 31.0 Å². The van der Waals surface area contributed by atoms with Crippen molar-refractivity contribution in [1.29, 1.82) is 0 Å². The van der Waals surface area contributed by atoms with Crippen molar-refractivity contribution < 1.29 is 9.53 Å². The summed E-state index contributed by atoms with van der Waals surface area (Å²) in [5, 5.41) is 10.6. The van der Waals surface area contributed by atoms with Gasteiger partial charge in [0.2, 0.25) is 0 Å². The van der Waals surface area contributed by atoms with Crippen LogP contribution < -0.4 is 11.1 Å². The molecule has 0 radical (unpaired) electrons. The van der Waals surface area contributed by atoms with Gasteiger partial charge in [-0.05, 0) is 5.92 Å². The lowest BCUT2D eigenvalue weighted by atomic mass is 10.0. The van der Waals surface area contributed by atoms with E-state index in [1.165, 1.54) is 0 Å². The van der Waals surface area contributed by atoms with Gasteiger partial charge < -0.3 is 15.8 Å². The highest BCUT2D eigenvalue weighted by molar-refractivity contribution is 5.69. The Morgan fingerprint density at radius 2 is 2.47 bits per heavy atom. The molecule has 2 atom stereocenters. The fourth-order valence-electron chi connectivity index (χ4n) is 1.64. The Morgan fingerprint density at radius 1 is 1.71 bits per heavy atom. The van der Waals surface area contributed by atoms with Gasteiger partial charge in [-0.1, -0.05) is 19.1 Å². The van der Waals surface area contributed by atoms with Crippen molar-refractivity contribution in [3.8, 4) is 0 Å². The maximum atomic E-state index is 10.8. The molecule has 1 aromatic rings. The van der Waals surface area contributed by atoms with Crippen molar-refractivity contribution in [3.63, 3.8) is 0 Å². The number of nitrogens with zero attached hydrogens (tertiary/aromatic N) is 3. The Morgan fingerprint density at radius 3 is 3.06 bits per heavy atom. The smallest absolute Gasteiger partial charge is 0.407 e. The molecular weight excluding hydrogens is 222 g/mol. The number of ether oxygens (including phenoxy) is 1. The minimum Gasteiger partial charge on any atom is -0.442 e. The Hall–Kier alpha value is -1.63. The van der Waals surface area contributed by atoms with Crippen LogP contribution in [-0.4, -0.2) is 33.7 Å². The number of alkyl carbamates (subject to hydrolysis) is 1. The summed E-state index contributed by atoms with van der Waals surface area (Å²) >= 11 is 0. The maximum absolute atomic E-state index is 10.8. The second-order valence-electron chi connectivity index (χ2n) is 4.54. The van der Waals surface area contributed by atoms with Crippen molar-refractivity contribution in [2.45, 2.75) is 32.5 Å². The topological polar surface area (TPSA) is 95.1 Å². The molecule has 94 valence electrons. The second-order valence-corrected chi connectivity index (χ2v) is 4.54. The third kappa shape index (κ3) is 2.73. The lowest BCUT2D eigenvalue weighted by molar-refractivity contribution is 0.128. The second kappa shape index (κ2) is 4.70. The van der Waals surface area contributed by atoms with E-state index < -0.39 is 0 Å². The summed E-state index contributed by atoms with van der Waals surface area (Å²) in [6, 6.07) is -0.118. The normalized spacial score (nSPS) is 21.4. The Labute approximate surface area is 99.3 Å². The molecule has 1 aliphatic heterocycles. The third-order valence-corrected chi connectivity index (χ3v) is 2.75. The van der Waals surface area contributed by atoms with E-state index in [4.69, 9.17) is 10.5 Å². The van der Waals surface area contributed by atoms with Gasteiger partial charge in [0.15, 0.2) is 0 Å². The van der Waals surface area contributed by atoms with Crippen molar-refractivity contribution in [2.24, 2.45) is 11.7 Å². The fraction of sp³-hybridized carbons (Fsp3) is 0.700. The van der Waals surface area contributed by atoms with Crippen LogP contribution in [0.2, 0.25) is 0 Å². The highest BCUT2D eigenvalue weighted by Gasteiger charge is 2.23. The standard InChI is InChI=1S/C10H17N5O2/c1-6(2)9(11)8-5-15(14-13-8)4-7-3-12-10(16)17-7/h5-7,9H,3-4,11H2,1-2H3,(H,12,16). The molecule has 2 heterocycles. The molecule has 1 aliphatic rings. The zero-order valence-corrected chi connectivity index (χ0v) is 9.96. The highest BCUT2D eigenvalue weighted by Crippen LogP contribution is 2.15. The van der Waals surface area contributed by atoms with Gasteiger partial charge in [-0.2, -0.15) is 0 Å². The first-order valence-corrected chi connectivity index (χ1v) is 5.66. The monoisotopic (exact) mass is 239 g/mol. The van der Waals surface area contributed by atoms with Crippen LogP contribution >= 0.6 is 0 Å². The van der Waals surface area contributed by atoms with Gasteiger partial charge in [-0.25, -0.2) is 9.48 Å². The molecule has 7 heteroatoms. The SMILES string of the molecule is CC(C)C(N)c1cn(CC2CNC(=O)O2)nn1. The highest BCUT2D eigenvalue weighted by atomic mass is 16.6. The van der Waals surface area contributed by atoms with Crippen LogP contribution in [0.3, 0.4) is 0 Å². The van der Waals surface area contributed by atoms with E-state index in [9.17, 15) is 4.79 Å². The average molecular weight is 239 g/mol. The molecule has 3 N–H and O–H groups in total. The number of hydrogen-bond acceptors (Lipinski definition) is 5. The lowest BCUT2D eigenvalue weighted by Gasteiger charge is -2.11. The molecule has 2 rings (SSSR count). The molecule has 0 aliphatic carbocycles. The first-order valence-electron chi connectivity index (χ1n) is 5.66. The molecule has 0 bridgehead atoms. The van der Waals surface area contributed by atoms with Crippen molar-refractivity contribution in [2.75, 3.05) is 6.54 Å². The minimum absolute atomic E-state index is 0.118. The summed E-state index contributed by atoms with van der Waals surface area (Å²) in [4.78, 5) is 10.8. The van der Waals surface area contributed by atoms with Crippen molar-refractivity contribution in [1.82, 2.24) is 20.3 Å². The van der Waals surface area contributed by atoms with E-state index in [2.05, 4.69) is 15.6 Å². The summed E-state index contributed by atoms with van der Waals surface area (Å²) in [6.45, 7) is 5.07. The minimum atomic E-state index is -0.380. The number of hydrogen-bond donors (Lipinski definition) is 2. The van der Waals surface area contributed by atoms with Gasteiger partial charge in [0.1, 0.15) is 6.10 Å². The molecule has 17 heavy (non-hydrogen) atoms. The number of nitrogens with one attached hydrogen (secondary N) is 1. The first-order chi connectivity index (χ1) is 8.06. The first kappa shape index (κ1) is 11.8. The summed E-state index contributed by atoms with van der Waals surface area (Å²) in [5.74, 6) is 0.311. The van der Waals surface area contributed by atoms with Crippen LogP contribution in [0, 0.1) is 5.92 Å². The molecule has 1 fully saturated rings. The van der Waals surface area contributed by atoms with Gasteiger partial charge in [-0.3, -0.25) is 0 Å². The van der Waals surface area contributed by atoms with Gasteiger partial charge in [0.25, 0.3) is 0 Å². The number of cyclic esters (lactones) is 1. The molecule has 2 unspecified atom stereocenters. The van der Waals surface area contributed by atoms with Crippen LogP contribution in [0.25, 0.3) is 0 Å². The van der Waals surface area contributed by atoms with Crippen LogP contribution in [0.15, 0.2) is 6.20 Å². The van der Waals surface area contributed by atoms with Gasteiger partial charge >= 0.3 is 6.09 Å². The van der Waals surface area contributed by atoms with Gasteiger partial charge in [-0.15, -0.1) is 5.10 Å². The van der Waals surface area contributed by atoms with Crippen LogP contribution in [-0.2, 0) is 11.3 Å². The van der Waals surface area contributed by atoms with Crippen LogP contribution in [0.1, 0.15) is 25.6 Å². The van der Waals surface area contributed by atoms with Gasteiger partial charge in [0, 0.05) is 0 Å². The Kier molecular flexibility index (Phi) is 3.28. The zero-order valence-electron chi connectivity index (χ0n) is 9.96. The average Bonchev–Trinajstić information content (AvgIpc) is 2.87. The van der Waals surface area contributed by atoms with Crippen molar-refractivity contribution >= 4 is 6.09 Å². The Balaban J connectivity index is 1.96. The summed E-state index contributed by atoms with van der Waals surface area (Å²) in [5.41, 5.74) is 6.73. The quantitative estimate of drug-likeness (QED) is 0.773. The molecule has 1 aromatic heterocycles. The summed E-state index contributed by atoms with van der Waals surface area (Å²) in [6.07, 6.45) is 1.23. The molecular formula is C10H17N5O2. The molecule has 0 aromatic carbocycles. The van der Waals surface area contributed by atoms with Crippen molar-refractivity contribution in [3.05, 3.63) is 11.9 Å². The van der Waals surface area contributed by atoms with E-state index in [0.717, 1.165) is 5.69 Å².